The van der Waals surface area contributed by atoms with Crippen molar-refractivity contribution in [2.24, 2.45) is 5.73 Å². The predicted octanol–water partition coefficient (Wildman–Crippen LogP) is 0.968. The van der Waals surface area contributed by atoms with Crippen LogP contribution in [0.2, 0.25) is 0 Å². The molecule has 0 unspecified atom stereocenters. The first-order chi connectivity index (χ1) is 7.18. The molecule has 2 rings (SSSR count). The van der Waals surface area contributed by atoms with Gasteiger partial charge >= 0.3 is 5.97 Å². The van der Waals surface area contributed by atoms with Crippen LogP contribution in [0.4, 0.5) is 5.69 Å². The standard InChI is InChI=1S/C10H12N2O2S/c11-7(10(13)14)5-12-6-15-9-4-2-1-3-8(9)12/h1-4,7H,5-6,11H2,(H,13,14)/t7-/m0/s1. The second-order valence-corrected chi connectivity index (χ2v) is 4.40. The third-order valence-corrected chi connectivity index (χ3v) is 3.41. The van der Waals surface area contributed by atoms with Crippen molar-refractivity contribution in [2.75, 3.05) is 17.3 Å². The van der Waals surface area contributed by atoms with E-state index in [0.717, 1.165) is 11.6 Å². The number of para-hydroxylation sites is 1. The average Bonchev–Trinajstić information content (AvgIpc) is 2.62. The monoisotopic (exact) mass is 224 g/mol. The number of carboxylic acids is 1. The van der Waals surface area contributed by atoms with E-state index in [1.807, 2.05) is 29.2 Å². The van der Waals surface area contributed by atoms with Crippen molar-refractivity contribution in [1.82, 2.24) is 0 Å². The molecule has 1 aliphatic rings. The molecule has 0 amide bonds. The minimum Gasteiger partial charge on any atom is -0.480 e. The molecule has 1 aromatic rings. The third-order valence-electron chi connectivity index (χ3n) is 2.32. The second kappa shape index (κ2) is 4.12. The van der Waals surface area contributed by atoms with Crippen molar-refractivity contribution in [1.29, 1.82) is 0 Å². The van der Waals surface area contributed by atoms with Gasteiger partial charge in [0, 0.05) is 11.4 Å². The Hall–Kier alpha value is -1.20. The van der Waals surface area contributed by atoms with E-state index in [2.05, 4.69) is 0 Å². The van der Waals surface area contributed by atoms with Crippen LogP contribution >= 0.6 is 11.8 Å². The van der Waals surface area contributed by atoms with Crippen LogP contribution in [0.5, 0.6) is 0 Å². The van der Waals surface area contributed by atoms with Gasteiger partial charge in [-0.3, -0.25) is 4.79 Å². The quantitative estimate of drug-likeness (QED) is 0.800. The number of hydrogen-bond acceptors (Lipinski definition) is 4. The first kappa shape index (κ1) is 10.3. The number of fused-ring (bicyclic) bond motifs is 1. The van der Waals surface area contributed by atoms with E-state index in [1.54, 1.807) is 11.8 Å². The summed E-state index contributed by atoms with van der Waals surface area (Å²) in [6.07, 6.45) is 0. The molecule has 3 N–H and O–H groups in total. The van der Waals surface area contributed by atoms with E-state index in [1.165, 1.54) is 4.90 Å². The van der Waals surface area contributed by atoms with Gasteiger partial charge in [0.1, 0.15) is 6.04 Å². The summed E-state index contributed by atoms with van der Waals surface area (Å²) in [6, 6.07) is 7.13. The lowest BCUT2D eigenvalue weighted by Crippen LogP contribution is -2.41. The van der Waals surface area contributed by atoms with Crippen LogP contribution < -0.4 is 10.6 Å². The summed E-state index contributed by atoms with van der Waals surface area (Å²) in [4.78, 5) is 13.8. The number of carbonyl (C=O) groups is 1. The van der Waals surface area contributed by atoms with Gasteiger partial charge < -0.3 is 15.7 Å². The Morgan fingerprint density at radius 1 is 1.60 bits per heavy atom. The SMILES string of the molecule is N[C@@H](CN1CSc2ccccc21)C(=O)O. The second-order valence-electron chi connectivity index (χ2n) is 3.41. The molecule has 0 saturated carbocycles. The largest absolute Gasteiger partial charge is 0.480 e. The molecule has 80 valence electrons. The van der Waals surface area contributed by atoms with Crippen LogP contribution in [-0.4, -0.2) is 29.5 Å². The third kappa shape index (κ3) is 2.08. The summed E-state index contributed by atoms with van der Waals surface area (Å²) in [6.45, 7) is 0.360. The Kier molecular flexibility index (Phi) is 2.83. The fourth-order valence-corrected chi connectivity index (χ4v) is 2.58. The number of thioether (sulfide) groups is 1. The van der Waals surface area contributed by atoms with Gasteiger partial charge in [0.25, 0.3) is 0 Å². The minimum absolute atomic E-state index is 0.360. The Morgan fingerprint density at radius 2 is 2.33 bits per heavy atom. The molecular formula is C10H12N2O2S. The van der Waals surface area contributed by atoms with Crippen molar-refractivity contribution in [3.05, 3.63) is 24.3 Å². The van der Waals surface area contributed by atoms with E-state index in [9.17, 15) is 4.79 Å². The number of rotatable bonds is 3. The molecule has 1 heterocycles. The molecule has 4 nitrogen and oxygen atoms in total. The zero-order valence-electron chi connectivity index (χ0n) is 8.09. The Morgan fingerprint density at radius 3 is 3.07 bits per heavy atom. The lowest BCUT2D eigenvalue weighted by atomic mass is 10.2. The van der Waals surface area contributed by atoms with E-state index in [0.29, 0.717) is 6.54 Å². The number of anilines is 1. The summed E-state index contributed by atoms with van der Waals surface area (Å²) in [5.74, 6) is -0.176. The van der Waals surface area contributed by atoms with Crippen molar-refractivity contribution in [2.45, 2.75) is 10.9 Å². The van der Waals surface area contributed by atoms with E-state index >= 15 is 0 Å². The molecule has 0 spiro atoms. The van der Waals surface area contributed by atoms with E-state index < -0.39 is 12.0 Å². The molecule has 1 atom stereocenters. The summed E-state index contributed by atoms with van der Waals surface area (Å²) < 4.78 is 0. The van der Waals surface area contributed by atoms with Gasteiger partial charge in [0.05, 0.1) is 11.6 Å². The fraction of sp³-hybridized carbons (Fsp3) is 0.300. The number of nitrogens with two attached hydrogens (primary N) is 1. The molecule has 5 heteroatoms. The van der Waals surface area contributed by atoms with E-state index in [-0.39, 0.29) is 0 Å². The van der Waals surface area contributed by atoms with E-state index in [4.69, 9.17) is 10.8 Å². The van der Waals surface area contributed by atoms with Gasteiger partial charge in [0.2, 0.25) is 0 Å². The molecule has 0 aromatic heterocycles. The lowest BCUT2D eigenvalue weighted by Gasteiger charge is -2.20. The van der Waals surface area contributed by atoms with Gasteiger partial charge in [0.15, 0.2) is 0 Å². The molecule has 0 aliphatic carbocycles. The van der Waals surface area contributed by atoms with Crippen molar-refractivity contribution >= 4 is 23.4 Å². The predicted molar refractivity (Wildman–Crippen MR) is 60.1 cm³/mol. The zero-order chi connectivity index (χ0) is 10.8. The Labute approximate surface area is 92.1 Å². The minimum atomic E-state index is -0.954. The van der Waals surface area contributed by atoms with Gasteiger partial charge in [-0.15, -0.1) is 11.8 Å². The normalized spacial score (nSPS) is 16.2. The molecule has 0 bridgehead atoms. The maximum Gasteiger partial charge on any atom is 0.322 e. The van der Waals surface area contributed by atoms with Crippen molar-refractivity contribution in [3.63, 3.8) is 0 Å². The maximum absolute atomic E-state index is 10.6. The Balaban J connectivity index is 2.11. The van der Waals surface area contributed by atoms with Gasteiger partial charge in [-0.1, -0.05) is 12.1 Å². The molecule has 0 saturated heterocycles. The van der Waals surface area contributed by atoms with Crippen molar-refractivity contribution in [3.8, 4) is 0 Å². The van der Waals surface area contributed by atoms with Crippen LogP contribution in [0.1, 0.15) is 0 Å². The van der Waals surface area contributed by atoms with Gasteiger partial charge in [-0.2, -0.15) is 0 Å². The molecule has 15 heavy (non-hydrogen) atoms. The van der Waals surface area contributed by atoms with Gasteiger partial charge in [-0.05, 0) is 12.1 Å². The average molecular weight is 224 g/mol. The molecular weight excluding hydrogens is 212 g/mol. The maximum atomic E-state index is 10.6. The number of aliphatic carboxylic acids is 1. The van der Waals surface area contributed by atoms with Crippen LogP contribution in [0.15, 0.2) is 29.2 Å². The zero-order valence-corrected chi connectivity index (χ0v) is 8.91. The number of benzene rings is 1. The Bertz CT molecular complexity index is 383. The molecule has 0 radical (unpaired) electrons. The topological polar surface area (TPSA) is 66.6 Å². The highest BCUT2D eigenvalue weighted by atomic mass is 32.2. The molecule has 1 aromatic carbocycles. The highest BCUT2D eigenvalue weighted by Gasteiger charge is 2.23. The van der Waals surface area contributed by atoms with Crippen LogP contribution in [0.3, 0.4) is 0 Å². The lowest BCUT2D eigenvalue weighted by molar-refractivity contribution is -0.138. The van der Waals surface area contributed by atoms with Crippen LogP contribution in [-0.2, 0) is 4.79 Å². The molecule has 0 fully saturated rings. The smallest absolute Gasteiger partial charge is 0.322 e. The summed E-state index contributed by atoms with van der Waals surface area (Å²) in [7, 11) is 0. The van der Waals surface area contributed by atoms with Crippen LogP contribution in [0, 0.1) is 0 Å². The summed E-state index contributed by atoms with van der Waals surface area (Å²) >= 11 is 1.71. The van der Waals surface area contributed by atoms with Crippen molar-refractivity contribution < 1.29 is 9.90 Å². The highest BCUT2D eigenvalue weighted by molar-refractivity contribution is 7.99. The fourth-order valence-electron chi connectivity index (χ4n) is 1.52. The first-order valence-electron chi connectivity index (χ1n) is 4.63. The van der Waals surface area contributed by atoms with Crippen LogP contribution in [0.25, 0.3) is 0 Å². The van der Waals surface area contributed by atoms with Gasteiger partial charge in [-0.25, -0.2) is 0 Å². The summed E-state index contributed by atoms with van der Waals surface area (Å²) in [5, 5.41) is 8.73. The molecule has 1 aliphatic heterocycles. The summed E-state index contributed by atoms with van der Waals surface area (Å²) in [5.41, 5.74) is 6.59. The number of hydrogen-bond donors (Lipinski definition) is 2. The number of carboxylic acid groups (broad SMARTS) is 1. The first-order valence-corrected chi connectivity index (χ1v) is 5.62. The number of nitrogens with zero attached hydrogens (tertiary/aromatic N) is 1. The highest BCUT2D eigenvalue weighted by Crippen LogP contribution is 2.37.